The van der Waals surface area contributed by atoms with Gasteiger partial charge in [0.25, 0.3) is 0 Å². The largest absolute Gasteiger partial charge is 0.496 e. The summed E-state index contributed by atoms with van der Waals surface area (Å²) >= 11 is 0. The summed E-state index contributed by atoms with van der Waals surface area (Å²) in [7, 11) is 1.72. The molecule has 0 N–H and O–H groups in total. The summed E-state index contributed by atoms with van der Waals surface area (Å²) in [6, 6.07) is 17.4. The standard InChI is InChI=1S/C24H30N4O/c1-3-13-28-24(25-18-26-28)22-16-19(9-10-23(22)29-2)17-27-14-11-21(12-15-27)20-7-5-4-6-8-20/h4-10,16,18,21H,3,11-15,17H2,1-2H3. The summed E-state index contributed by atoms with van der Waals surface area (Å²) in [5.74, 6) is 2.42. The van der Waals surface area contributed by atoms with Crippen molar-refractivity contribution in [3.63, 3.8) is 0 Å². The molecule has 4 rings (SSSR count). The summed E-state index contributed by atoms with van der Waals surface area (Å²) < 4.78 is 7.58. The second-order valence-corrected chi connectivity index (χ2v) is 7.80. The quantitative estimate of drug-likeness (QED) is 0.584. The molecular formula is C24H30N4O. The lowest BCUT2D eigenvalue weighted by Gasteiger charge is -2.32. The van der Waals surface area contributed by atoms with Crippen LogP contribution >= 0.6 is 0 Å². The van der Waals surface area contributed by atoms with Gasteiger partial charge in [0, 0.05) is 13.1 Å². The van der Waals surface area contributed by atoms with Crippen molar-refractivity contribution in [2.75, 3.05) is 20.2 Å². The van der Waals surface area contributed by atoms with Gasteiger partial charge in [0.1, 0.15) is 12.1 Å². The fourth-order valence-electron chi connectivity index (χ4n) is 4.28. The summed E-state index contributed by atoms with van der Waals surface area (Å²) in [5.41, 5.74) is 3.80. The molecule has 2 aromatic carbocycles. The van der Waals surface area contributed by atoms with Gasteiger partial charge in [-0.2, -0.15) is 5.10 Å². The van der Waals surface area contributed by atoms with E-state index in [9.17, 15) is 0 Å². The zero-order valence-electron chi connectivity index (χ0n) is 17.4. The molecule has 2 heterocycles. The number of likely N-dealkylation sites (tertiary alicyclic amines) is 1. The smallest absolute Gasteiger partial charge is 0.161 e. The van der Waals surface area contributed by atoms with Crippen LogP contribution in [0.2, 0.25) is 0 Å². The van der Waals surface area contributed by atoms with Crippen LogP contribution in [0.3, 0.4) is 0 Å². The molecule has 0 radical (unpaired) electrons. The van der Waals surface area contributed by atoms with E-state index in [0.29, 0.717) is 5.92 Å². The van der Waals surface area contributed by atoms with Crippen LogP contribution in [0.4, 0.5) is 0 Å². The molecule has 0 saturated carbocycles. The maximum Gasteiger partial charge on any atom is 0.161 e. The van der Waals surface area contributed by atoms with Gasteiger partial charge in [-0.15, -0.1) is 0 Å². The molecule has 0 bridgehead atoms. The van der Waals surface area contributed by atoms with Crippen LogP contribution < -0.4 is 4.74 Å². The third kappa shape index (κ3) is 4.51. The average Bonchev–Trinajstić information content (AvgIpc) is 3.23. The molecule has 0 unspecified atom stereocenters. The highest BCUT2D eigenvalue weighted by atomic mass is 16.5. The Hall–Kier alpha value is -2.66. The Kier molecular flexibility index (Phi) is 6.25. The average molecular weight is 391 g/mol. The molecule has 1 fully saturated rings. The van der Waals surface area contributed by atoms with Gasteiger partial charge in [-0.25, -0.2) is 9.67 Å². The molecule has 0 aliphatic carbocycles. The van der Waals surface area contributed by atoms with Crippen LogP contribution in [0.5, 0.6) is 5.75 Å². The maximum atomic E-state index is 5.62. The first-order valence-corrected chi connectivity index (χ1v) is 10.6. The number of ether oxygens (including phenoxy) is 1. The van der Waals surface area contributed by atoms with Crippen molar-refractivity contribution in [3.8, 4) is 17.1 Å². The van der Waals surface area contributed by atoms with E-state index in [0.717, 1.165) is 49.7 Å². The molecule has 0 amide bonds. The molecular weight excluding hydrogens is 360 g/mol. The predicted molar refractivity (Wildman–Crippen MR) is 116 cm³/mol. The molecule has 1 aliphatic rings. The molecule has 1 aromatic heterocycles. The lowest BCUT2D eigenvalue weighted by molar-refractivity contribution is 0.204. The SMILES string of the molecule is CCCn1ncnc1-c1cc(CN2CCC(c3ccccc3)CC2)ccc1OC. The van der Waals surface area contributed by atoms with Crippen molar-refractivity contribution in [3.05, 3.63) is 66.0 Å². The number of hydrogen-bond acceptors (Lipinski definition) is 4. The summed E-state index contributed by atoms with van der Waals surface area (Å²) in [5, 5.41) is 4.38. The van der Waals surface area contributed by atoms with Crippen LogP contribution in [0, 0.1) is 0 Å². The number of aryl methyl sites for hydroxylation is 1. The summed E-state index contributed by atoms with van der Waals surface area (Å²) in [6.07, 6.45) is 5.09. The second-order valence-electron chi connectivity index (χ2n) is 7.80. The monoisotopic (exact) mass is 390 g/mol. The minimum atomic E-state index is 0.687. The van der Waals surface area contributed by atoms with Crippen molar-refractivity contribution < 1.29 is 4.74 Å². The van der Waals surface area contributed by atoms with Crippen molar-refractivity contribution >= 4 is 0 Å². The minimum Gasteiger partial charge on any atom is -0.496 e. The number of benzene rings is 2. The first-order chi connectivity index (χ1) is 14.3. The molecule has 29 heavy (non-hydrogen) atoms. The molecule has 0 atom stereocenters. The van der Waals surface area contributed by atoms with E-state index >= 15 is 0 Å². The van der Waals surface area contributed by atoms with Gasteiger partial charge in [0.05, 0.1) is 12.7 Å². The molecule has 1 aliphatic heterocycles. The lowest BCUT2D eigenvalue weighted by atomic mass is 9.89. The van der Waals surface area contributed by atoms with E-state index in [2.05, 4.69) is 70.4 Å². The first kappa shape index (κ1) is 19.6. The van der Waals surface area contributed by atoms with Gasteiger partial charge in [0.15, 0.2) is 5.82 Å². The number of aromatic nitrogens is 3. The molecule has 1 saturated heterocycles. The Labute approximate surface area is 173 Å². The Morgan fingerprint density at radius 2 is 1.86 bits per heavy atom. The number of methoxy groups -OCH3 is 1. The zero-order valence-corrected chi connectivity index (χ0v) is 17.4. The van der Waals surface area contributed by atoms with Crippen molar-refractivity contribution in [2.24, 2.45) is 0 Å². The Morgan fingerprint density at radius 1 is 1.07 bits per heavy atom. The van der Waals surface area contributed by atoms with Crippen molar-refractivity contribution in [1.29, 1.82) is 0 Å². The predicted octanol–water partition coefficient (Wildman–Crippen LogP) is 4.74. The normalized spacial score (nSPS) is 15.5. The van der Waals surface area contributed by atoms with Gasteiger partial charge in [-0.3, -0.25) is 4.90 Å². The fraction of sp³-hybridized carbons (Fsp3) is 0.417. The van der Waals surface area contributed by atoms with Crippen LogP contribution in [0.25, 0.3) is 11.4 Å². The highest BCUT2D eigenvalue weighted by molar-refractivity contribution is 5.65. The van der Waals surface area contributed by atoms with Crippen LogP contribution in [-0.4, -0.2) is 39.9 Å². The van der Waals surface area contributed by atoms with E-state index in [1.807, 2.05) is 4.68 Å². The number of hydrogen-bond donors (Lipinski definition) is 0. The third-order valence-electron chi connectivity index (χ3n) is 5.82. The van der Waals surface area contributed by atoms with E-state index in [-0.39, 0.29) is 0 Å². The van der Waals surface area contributed by atoms with Gasteiger partial charge in [-0.1, -0.05) is 43.3 Å². The highest BCUT2D eigenvalue weighted by Gasteiger charge is 2.21. The Balaban J connectivity index is 1.46. The third-order valence-corrected chi connectivity index (χ3v) is 5.82. The van der Waals surface area contributed by atoms with Crippen molar-refractivity contribution in [2.45, 2.75) is 45.2 Å². The zero-order chi connectivity index (χ0) is 20.1. The molecule has 5 nitrogen and oxygen atoms in total. The van der Waals surface area contributed by atoms with Gasteiger partial charge < -0.3 is 4.74 Å². The lowest BCUT2D eigenvalue weighted by Crippen LogP contribution is -2.32. The van der Waals surface area contributed by atoms with Crippen molar-refractivity contribution in [1.82, 2.24) is 19.7 Å². The molecule has 3 aromatic rings. The van der Waals surface area contributed by atoms with Crippen LogP contribution in [0.1, 0.15) is 43.2 Å². The molecule has 5 heteroatoms. The van der Waals surface area contributed by atoms with Gasteiger partial charge >= 0.3 is 0 Å². The summed E-state index contributed by atoms with van der Waals surface area (Å²) in [4.78, 5) is 7.06. The number of piperidine rings is 1. The summed E-state index contributed by atoms with van der Waals surface area (Å²) in [6.45, 7) is 6.23. The number of rotatable bonds is 7. The number of nitrogens with zero attached hydrogens (tertiary/aromatic N) is 4. The first-order valence-electron chi connectivity index (χ1n) is 10.6. The van der Waals surface area contributed by atoms with E-state index in [4.69, 9.17) is 4.74 Å². The Bertz CT molecular complexity index is 914. The molecule has 152 valence electrons. The second kappa shape index (κ2) is 9.23. The van der Waals surface area contributed by atoms with E-state index in [1.165, 1.54) is 24.0 Å². The molecule has 0 spiro atoms. The van der Waals surface area contributed by atoms with E-state index in [1.54, 1.807) is 13.4 Å². The van der Waals surface area contributed by atoms with E-state index < -0.39 is 0 Å². The van der Waals surface area contributed by atoms with Gasteiger partial charge in [-0.05, 0) is 61.5 Å². The highest BCUT2D eigenvalue weighted by Crippen LogP contribution is 2.32. The van der Waals surface area contributed by atoms with Crippen LogP contribution in [0.15, 0.2) is 54.9 Å². The fourth-order valence-corrected chi connectivity index (χ4v) is 4.28. The topological polar surface area (TPSA) is 43.2 Å². The minimum absolute atomic E-state index is 0.687. The van der Waals surface area contributed by atoms with Crippen LogP contribution in [-0.2, 0) is 13.1 Å². The van der Waals surface area contributed by atoms with Gasteiger partial charge in [0.2, 0.25) is 0 Å². The maximum absolute atomic E-state index is 5.62. The Morgan fingerprint density at radius 3 is 2.59 bits per heavy atom.